The van der Waals surface area contributed by atoms with Crippen molar-refractivity contribution < 1.29 is 0 Å². The first-order valence-corrected chi connectivity index (χ1v) is 12.9. The molecule has 1 aromatic heterocycles. The lowest BCUT2D eigenvalue weighted by Gasteiger charge is -2.36. The third-order valence-corrected chi connectivity index (χ3v) is 7.80. The first-order valence-electron chi connectivity index (χ1n) is 11.8. The number of piperazine rings is 1. The molecular formula is C28H29BrClN3. The van der Waals surface area contributed by atoms with E-state index in [1.165, 1.54) is 28.6 Å². The van der Waals surface area contributed by atoms with E-state index in [0.717, 1.165) is 60.9 Å². The second-order valence-electron chi connectivity index (χ2n) is 8.69. The molecule has 1 aliphatic rings. The number of halogens is 2. The molecule has 0 N–H and O–H groups in total. The van der Waals surface area contributed by atoms with Gasteiger partial charge in [-0.15, -0.1) is 0 Å². The summed E-state index contributed by atoms with van der Waals surface area (Å²) in [6.07, 6.45) is 2.35. The minimum absolute atomic E-state index is 0.788. The molecule has 2 heterocycles. The van der Waals surface area contributed by atoms with E-state index in [9.17, 15) is 0 Å². The highest BCUT2D eigenvalue weighted by Crippen LogP contribution is 2.41. The number of aryl methyl sites for hydroxylation is 1. The van der Waals surface area contributed by atoms with E-state index < -0.39 is 0 Å². The van der Waals surface area contributed by atoms with E-state index in [1.807, 2.05) is 12.1 Å². The van der Waals surface area contributed by atoms with Crippen molar-refractivity contribution in [2.45, 2.75) is 19.4 Å². The van der Waals surface area contributed by atoms with Crippen molar-refractivity contribution in [2.24, 2.45) is 0 Å². The second kappa shape index (κ2) is 10.3. The molecule has 1 aliphatic heterocycles. The molecule has 0 radical (unpaired) electrons. The number of nitrogens with zero attached hydrogens (tertiary/aromatic N) is 3. The van der Waals surface area contributed by atoms with Gasteiger partial charge in [0.1, 0.15) is 0 Å². The van der Waals surface area contributed by atoms with Gasteiger partial charge in [-0.2, -0.15) is 0 Å². The molecule has 5 heteroatoms. The van der Waals surface area contributed by atoms with Crippen molar-refractivity contribution in [1.82, 2.24) is 9.47 Å². The zero-order valence-electron chi connectivity index (χ0n) is 18.8. The summed E-state index contributed by atoms with van der Waals surface area (Å²) < 4.78 is 3.52. The molecule has 1 fully saturated rings. The number of rotatable bonds is 7. The van der Waals surface area contributed by atoms with Crippen LogP contribution in [-0.2, 0) is 6.54 Å². The van der Waals surface area contributed by atoms with Crippen LogP contribution in [0.25, 0.3) is 22.0 Å². The smallest absolute Gasteiger partial charge is 0.0937 e. The Bertz CT molecular complexity index is 1210. The molecular weight excluding hydrogens is 494 g/mol. The zero-order chi connectivity index (χ0) is 22.6. The van der Waals surface area contributed by atoms with Gasteiger partial charge in [-0.25, -0.2) is 0 Å². The lowest BCUT2D eigenvalue weighted by molar-refractivity contribution is 0.251. The minimum atomic E-state index is 0.788. The van der Waals surface area contributed by atoms with Crippen molar-refractivity contribution in [3.8, 4) is 11.1 Å². The van der Waals surface area contributed by atoms with Gasteiger partial charge in [0, 0.05) is 65.5 Å². The molecule has 0 spiro atoms. The third kappa shape index (κ3) is 4.84. The van der Waals surface area contributed by atoms with Crippen molar-refractivity contribution in [2.75, 3.05) is 37.6 Å². The van der Waals surface area contributed by atoms with Crippen LogP contribution in [0.1, 0.15) is 12.8 Å². The van der Waals surface area contributed by atoms with Crippen LogP contribution >= 0.6 is 27.5 Å². The van der Waals surface area contributed by atoms with E-state index in [1.54, 1.807) is 0 Å². The summed E-state index contributed by atoms with van der Waals surface area (Å²) in [5, 5.41) is 2.03. The van der Waals surface area contributed by atoms with Crippen molar-refractivity contribution >= 4 is 44.1 Å². The predicted molar refractivity (Wildman–Crippen MR) is 144 cm³/mol. The Balaban J connectivity index is 1.21. The molecule has 0 atom stereocenters. The van der Waals surface area contributed by atoms with E-state index in [2.05, 4.69) is 97.0 Å². The Hall–Kier alpha value is -2.27. The fourth-order valence-corrected chi connectivity index (χ4v) is 5.91. The molecule has 3 nitrogen and oxygen atoms in total. The SMILES string of the molecule is Clc1ccccc1-c1c(Br)n(CCCCN2CCN(c3ccccc3)CC2)c2ccccc12. The second-order valence-corrected chi connectivity index (χ2v) is 9.84. The fourth-order valence-electron chi connectivity index (χ4n) is 4.88. The Labute approximate surface area is 209 Å². The molecule has 5 rings (SSSR count). The molecule has 1 saturated heterocycles. The van der Waals surface area contributed by atoms with Crippen LogP contribution in [0.4, 0.5) is 5.69 Å². The molecule has 170 valence electrons. The van der Waals surface area contributed by atoms with Gasteiger partial charge in [-0.1, -0.05) is 66.2 Å². The van der Waals surface area contributed by atoms with E-state index in [-0.39, 0.29) is 0 Å². The zero-order valence-corrected chi connectivity index (χ0v) is 21.1. The Morgan fingerprint density at radius 2 is 1.39 bits per heavy atom. The molecule has 0 aliphatic carbocycles. The van der Waals surface area contributed by atoms with Crippen molar-refractivity contribution in [3.05, 3.63) is 88.5 Å². The summed E-state index contributed by atoms with van der Waals surface area (Å²) in [4.78, 5) is 5.10. The average molecular weight is 523 g/mol. The van der Waals surface area contributed by atoms with Crippen LogP contribution in [0.15, 0.2) is 83.5 Å². The van der Waals surface area contributed by atoms with E-state index in [0.29, 0.717) is 0 Å². The average Bonchev–Trinajstić information content (AvgIpc) is 3.14. The normalized spacial score (nSPS) is 14.8. The maximum Gasteiger partial charge on any atom is 0.0937 e. The number of benzene rings is 3. The summed E-state index contributed by atoms with van der Waals surface area (Å²) in [5.41, 5.74) is 4.87. The number of para-hydroxylation sites is 2. The summed E-state index contributed by atoms with van der Waals surface area (Å²) in [7, 11) is 0. The number of aromatic nitrogens is 1. The highest BCUT2D eigenvalue weighted by atomic mass is 79.9. The highest BCUT2D eigenvalue weighted by molar-refractivity contribution is 9.10. The van der Waals surface area contributed by atoms with Crippen molar-refractivity contribution in [3.63, 3.8) is 0 Å². The largest absolute Gasteiger partial charge is 0.369 e. The van der Waals surface area contributed by atoms with E-state index >= 15 is 0 Å². The molecule has 4 aromatic rings. The Kier molecular flexibility index (Phi) is 7.05. The van der Waals surface area contributed by atoms with Gasteiger partial charge in [0.2, 0.25) is 0 Å². The van der Waals surface area contributed by atoms with Crippen LogP contribution in [0.2, 0.25) is 5.02 Å². The van der Waals surface area contributed by atoms with Crippen LogP contribution < -0.4 is 4.90 Å². The third-order valence-electron chi connectivity index (χ3n) is 6.65. The number of fused-ring (bicyclic) bond motifs is 1. The molecule has 0 bridgehead atoms. The monoisotopic (exact) mass is 521 g/mol. The predicted octanol–water partition coefficient (Wildman–Crippen LogP) is 7.33. The van der Waals surface area contributed by atoms with Crippen LogP contribution in [0, 0.1) is 0 Å². The van der Waals surface area contributed by atoms with Crippen LogP contribution in [0.5, 0.6) is 0 Å². The maximum atomic E-state index is 6.56. The van der Waals surface area contributed by atoms with Crippen molar-refractivity contribution in [1.29, 1.82) is 0 Å². The van der Waals surface area contributed by atoms with Gasteiger partial charge in [0.25, 0.3) is 0 Å². The molecule has 3 aromatic carbocycles. The number of hydrogen-bond acceptors (Lipinski definition) is 2. The lowest BCUT2D eigenvalue weighted by Crippen LogP contribution is -2.46. The minimum Gasteiger partial charge on any atom is -0.369 e. The fraction of sp³-hybridized carbons (Fsp3) is 0.286. The standard InChI is InChI=1S/C28H29BrClN3/c29-28-27(23-12-4-6-14-25(23)30)24-13-5-7-15-26(24)33(28)17-9-8-16-31-18-20-32(21-19-31)22-10-2-1-3-11-22/h1-7,10-15H,8-9,16-21H2. The van der Waals surface area contributed by atoms with E-state index in [4.69, 9.17) is 11.6 Å². The molecule has 0 saturated carbocycles. The van der Waals surface area contributed by atoms with Gasteiger partial charge in [-0.3, -0.25) is 4.90 Å². The van der Waals surface area contributed by atoms with Gasteiger partial charge in [0.05, 0.1) is 4.60 Å². The summed E-state index contributed by atoms with van der Waals surface area (Å²) in [5.74, 6) is 0. The van der Waals surface area contributed by atoms with Crippen LogP contribution in [0.3, 0.4) is 0 Å². The van der Waals surface area contributed by atoms with Gasteiger partial charge in [-0.05, 0) is 59.6 Å². The maximum absolute atomic E-state index is 6.56. The van der Waals surface area contributed by atoms with Gasteiger partial charge >= 0.3 is 0 Å². The molecule has 0 unspecified atom stereocenters. The summed E-state index contributed by atoms with van der Waals surface area (Å²) in [6.45, 7) is 6.66. The lowest BCUT2D eigenvalue weighted by atomic mass is 10.1. The topological polar surface area (TPSA) is 11.4 Å². The summed E-state index contributed by atoms with van der Waals surface area (Å²) in [6, 6.07) is 27.5. The quantitative estimate of drug-likeness (QED) is 0.235. The first kappa shape index (κ1) is 22.5. The number of hydrogen-bond donors (Lipinski definition) is 0. The molecule has 0 amide bonds. The van der Waals surface area contributed by atoms with Crippen LogP contribution in [-0.4, -0.2) is 42.2 Å². The Morgan fingerprint density at radius 1 is 0.727 bits per heavy atom. The number of anilines is 1. The van der Waals surface area contributed by atoms with Gasteiger partial charge in [0.15, 0.2) is 0 Å². The number of unbranched alkanes of at least 4 members (excludes halogenated alkanes) is 1. The summed E-state index contributed by atoms with van der Waals surface area (Å²) >= 11 is 10.5. The molecule has 33 heavy (non-hydrogen) atoms. The highest BCUT2D eigenvalue weighted by Gasteiger charge is 2.19. The first-order chi connectivity index (χ1) is 16.2. The van der Waals surface area contributed by atoms with Gasteiger partial charge < -0.3 is 9.47 Å². The Morgan fingerprint density at radius 3 is 2.18 bits per heavy atom.